The summed E-state index contributed by atoms with van der Waals surface area (Å²) in [5, 5.41) is 9.02. The molecule has 0 spiro atoms. The standard InChI is InChI=1S/C12H22FNO3/c1-12(2,3)17-11(16)14-6-4-9(8-15)10(13)5-7-14/h9-10,15H,4-8H2,1-3H3/t9-,10-/m0/s1. The molecular formula is C12H22FNO3. The van der Waals surface area contributed by atoms with Crippen LogP contribution < -0.4 is 0 Å². The molecule has 0 aromatic heterocycles. The van der Waals surface area contributed by atoms with Gasteiger partial charge in [0.05, 0.1) is 0 Å². The van der Waals surface area contributed by atoms with Crippen LogP contribution in [-0.4, -0.2) is 47.6 Å². The molecule has 100 valence electrons. The summed E-state index contributed by atoms with van der Waals surface area (Å²) in [6.07, 6.45) is -0.683. The first kappa shape index (κ1) is 14.2. The molecule has 0 radical (unpaired) electrons. The summed E-state index contributed by atoms with van der Waals surface area (Å²) in [4.78, 5) is 13.3. The molecule has 0 saturated carbocycles. The zero-order valence-electron chi connectivity index (χ0n) is 10.8. The lowest BCUT2D eigenvalue weighted by Gasteiger charge is -2.26. The van der Waals surface area contributed by atoms with Crippen molar-refractivity contribution < 1.29 is 19.0 Å². The minimum absolute atomic E-state index is 0.163. The van der Waals surface area contributed by atoms with Crippen molar-refractivity contribution in [3.8, 4) is 0 Å². The number of rotatable bonds is 1. The van der Waals surface area contributed by atoms with Crippen LogP contribution in [-0.2, 0) is 4.74 Å². The van der Waals surface area contributed by atoms with Gasteiger partial charge in [0.25, 0.3) is 0 Å². The topological polar surface area (TPSA) is 49.8 Å². The van der Waals surface area contributed by atoms with Crippen LogP contribution >= 0.6 is 0 Å². The van der Waals surface area contributed by atoms with E-state index in [9.17, 15) is 9.18 Å². The molecule has 5 heteroatoms. The summed E-state index contributed by atoms with van der Waals surface area (Å²) >= 11 is 0. The van der Waals surface area contributed by atoms with E-state index < -0.39 is 17.9 Å². The fourth-order valence-electron chi connectivity index (χ4n) is 1.84. The van der Waals surface area contributed by atoms with Gasteiger partial charge in [-0.05, 0) is 33.6 Å². The lowest BCUT2D eigenvalue weighted by molar-refractivity contribution is 0.0253. The zero-order chi connectivity index (χ0) is 13.1. The fourth-order valence-corrected chi connectivity index (χ4v) is 1.84. The first-order valence-corrected chi connectivity index (χ1v) is 6.06. The average Bonchev–Trinajstić information content (AvgIpc) is 2.37. The van der Waals surface area contributed by atoms with Crippen LogP contribution in [0.2, 0.25) is 0 Å². The first-order valence-electron chi connectivity index (χ1n) is 6.06. The van der Waals surface area contributed by atoms with Gasteiger partial charge >= 0.3 is 6.09 Å². The number of halogens is 1. The number of likely N-dealkylation sites (tertiary alicyclic amines) is 1. The second kappa shape index (κ2) is 5.67. The molecule has 0 aromatic rings. The Bertz CT molecular complexity index is 265. The Labute approximate surface area is 102 Å². The normalized spacial score (nSPS) is 26.5. The summed E-state index contributed by atoms with van der Waals surface area (Å²) in [5.74, 6) is -0.359. The summed E-state index contributed by atoms with van der Waals surface area (Å²) in [7, 11) is 0. The molecule has 1 rings (SSSR count). The highest BCUT2D eigenvalue weighted by Crippen LogP contribution is 2.22. The highest BCUT2D eigenvalue weighted by molar-refractivity contribution is 5.68. The van der Waals surface area contributed by atoms with Gasteiger partial charge in [0.2, 0.25) is 0 Å². The van der Waals surface area contributed by atoms with Crippen LogP contribution in [0.4, 0.5) is 9.18 Å². The van der Waals surface area contributed by atoms with E-state index in [1.807, 2.05) is 0 Å². The molecule has 2 atom stereocenters. The second-order valence-electron chi connectivity index (χ2n) is 5.50. The van der Waals surface area contributed by atoms with Crippen molar-refractivity contribution in [1.82, 2.24) is 4.90 Å². The number of nitrogens with zero attached hydrogens (tertiary/aromatic N) is 1. The van der Waals surface area contributed by atoms with Crippen LogP contribution in [0.1, 0.15) is 33.6 Å². The van der Waals surface area contributed by atoms with Gasteiger partial charge in [-0.15, -0.1) is 0 Å². The van der Waals surface area contributed by atoms with Crippen molar-refractivity contribution in [2.24, 2.45) is 5.92 Å². The van der Waals surface area contributed by atoms with Gasteiger partial charge in [-0.2, -0.15) is 0 Å². The smallest absolute Gasteiger partial charge is 0.410 e. The number of aliphatic hydroxyl groups is 1. The molecule has 17 heavy (non-hydrogen) atoms. The largest absolute Gasteiger partial charge is 0.444 e. The lowest BCUT2D eigenvalue weighted by atomic mass is 10.0. The quantitative estimate of drug-likeness (QED) is 0.770. The van der Waals surface area contributed by atoms with Crippen LogP contribution in [0.3, 0.4) is 0 Å². The molecule has 0 aliphatic carbocycles. The first-order chi connectivity index (χ1) is 7.83. The third-order valence-electron chi connectivity index (χ3n) is 2.84. The Balaban J connectivity index is 2.53. The molecule has 1 fully saturated rings. The summed E-state index contributed by atoms with van der Waals surface area (Å²) in [5.41, 5.74) is -0.533. The van der Waals surface area contributed by atoms with Crippen LogP contribution in [0.5, 0.6) is 0 Å². The van der Waals surface area contributed by atoms with Crippen molar-refractivity contribution in [2.75, 3.05) is 19.7 Å². The maximum atomic E-state index is 13.5. The van der Waals surface area contributed by atoms with Crippen molar-refractivity contribution in [3.63, 3.8) is 0 Å². The van der Waals surface area contributed by atoms with E-state index in [-0.39, 0.29) is 18.9 Å². The minimum atomic E-state index is -1.03. The molecule has 4 nitrogen and oxygen atoms in total. The molecule has 1 aliphatic heterocycles. The zero-order valence-corrected chi connectivity index (χ0v) is 10.8. The number of alkyl halides is 1. The Morgan fingerprint density at radius 3 is 2.53 bits per heavy atom. The van der Waals surface area contributed by atoms with Gasteiger partial charge in [-0.25, -0.2) is 9.18 Å². The van der Waals surface area contributed by atoms with Gasteiger partial charge in [0.1, 0.15) is 11.8 Å². The molecule has 1 N–H and O–H groups in total. The molecule has 1 heterocycles. The molecule has 1 aliphatic rings. The number of aliphatic hydroxyl groups excluding tert-OH is 1. The van der Waals surface area contributed by atoms with Crippen molar-refractivity contribution in [3.05, 3.63) is 0 Å². The van der Waals surface area contributed by atoms with E-state index >= 15 is 0 Å². The van der Waals surface area contributed by atoms with Crippen molar-refractivity contribution in [2.45, 2.75) is 45.4 Å². The third kappa shape index (κ3) is 4.50. The molecular weight excluding hydrogens is 225 g/mol. The van der Waals surface area contributed by atoms with Crippen LogP contribution in [0.25, 0.3) is 0 Å². The average molecular weight is 247 g/mol. The Kier molecular flexibility index (Phi) is 4.74. The monoisotopic (exact) mass is 247 g/mol. The maximum Gasteiger partial charge on any atom is 0.410 e. The Morgan fingerprint density at radius 1 is 1.41 bits per heavy atom. The highest BCUT2D eigenvalue weighted by atomic mass is 19.1. The fraction of sp³-hybridized carbons (Fsp3) is 0.917. The van der Waals surface area contributed by atoms with Gasteiger partial charge in [-0.1, -0.05) is 0 Å². The number of ether oxygens (including phenoxy) is 1. The SMILES string of the molecule is CC(C)(C)OC(=O)N1CC[C@@H](CO)[C@@H](F)CC1. The number of amides is 1. The van der Waals surface area contributed by atoms with E-state index in [4.69, 9.17) is 9.84 Å². The van der Waals surface area contributed by atoms with Crippen LogP contribution in [0, 0.1) is 5.92 Å². The Morgan fingerprint density at radius 2 is 2.00 bits per heavy atom. The predicted molar refractivity (Wildman–Crippen MR) is 62.5 cm³/mol. The van der Waals surface area contributed by atoms with Crippen LogP contribution in [0.15, 0.2) is 0 Å². The molecule has 1 saturated heterocycles. The van der Waals surface area contributed by atoms with E-state index in [0.717, 1.165) is 0 Å². The Hall–Kier alpha value is -0.840. The number of carbonyl (C=O) groups is 1. The van der Waals surface area contributed by atoms with Crippen molar-refractivity contribution in [1.29, 1.82) is 0 Å². The molecule has 1 amide bonds. The van der Waals surface area contributed by atoms with Gasteiger partial charge in [-0.3, -0.25) is 0 Å². The maximum absolute atomic E-state index is 13.5. The van der Waals surface area contributed by atoms with Crippen molar-refractivity contribution >= 4 is 6.09 Å². The second-order valence-corrected chi connectivity index (χ2v) is 5.50. The summed E-state index contributed by atoms with van der Waals surface area (Å²) in [6, 6.07) is 0. The van der Waals surface area contributed by atoms with Gasteiger partial charge in [0.15, 0.2) is 0 Å². The van der Waals surface area contributed by atoms with E-state index in [1.165, 1.54) is 4.90 Å². The third-order valence-corrected chi connectivity index (χ3v) is 2.84. The van der Waals surface area contributed by atoms with Gasteiger partial charge < -0.3 is 14.7 Å². The minimum Gasteiger partial charge on any atom is -0.444 e. The number of hydrogen-bond donors (Lipinski definition) is 1. The van der Waals surface area contributed by atoms with Gasteiger partial charge in [0, 0.05) is 25.6 Å². The molecule has 0 bridgehead atoms. The summed E-state index contributed by atoms with van der Waals surface area (Å²) in [6.45, 7) is 6.04. The summed E-state index contributed by atoms with van der Waals surface area (Å²) < 4.78 is 18.8. The van der Waals surface area contributed by atoms with E-state index in [2.05, 4.69) is 0 Å². The predicted octanol–water partition coefficient (Wildman–Crippen LogP) is 1.96. The van der Waals surface area contributed by atoms with E-state index in [1.54, 1.807) is 20.8 Å². The van der Waals surface area contributed by atoms with E-state index in [0.29, 0.717) is 19.5 Å². The molecule has 0 aromatic carbocycles. The highest BCUT2D eigenvalue weighted by Gasteiger charge is 2.29. The lowest BCUT2D eigenvalue weighted by Crippen LogP contribution is -2.37. The number of carbonyl (C=O) groups excluding carboxylic acids is 1. The number of hydrogen-bond acceptors (Lipinski definition) is 3. The molecule has 0 unspecified atom stereocenters.